The molecule has 0 aliphatic heterocycles. The molecular weight excluding hydrogens is 258 g/mol. The summed E-state index contributed by atoms with van der Waals surface area (Å²) in [5, 5.41) is 6.94. The number of fused-ring (bicyclic) bond motifs is 1. The van der Waals surface area contributed by atoms with Gasteiger partial charge in [0.15, 0.2) is 5.13 Å². The Balaban J connectivity index is 1.86. The first-order valence-electron chi connectivity index (χ1n) is 6.57. The van der Waals surface area contributed by atoms with Crippen molar-refractivity contribution in [3.05, 3.63) is 23.8 Å². The topological polar surface area (TPSA) is 54.0 Å². The van der Waals surface area contributed by atoms with Gasteiger partial charge >= 0.3 is 0 Å². The third-order valence-electron chi connectivity index (χ3n) is 2.74. The van der Waals surface area contributed by atoms with Gasteiger partial charge in [-0.05, 0) is 31.0 Å². The van der Waals surface area contributed by atoms with E-state index in [4.69, 9.17) is 0 Å². The summed E-state index contributed by atoms with van der Waals surface area (Å²) in [5.74, 6) is 0.0892. The molecule has 19 heavy (non-hydrogen) atoms. The highest BCUT2D eigenvalue weighted by atomic mass is 32.1. The van der Waals surface area contributed by atoms with Crippen LogP contribution >= 0.6 is 11.3 Å². The lowest BCUT2D eigenvalue weighted by molar-refractivity contribution is -0.120. The van der Waals surface area contributed by atoms with Gasteiger partial charge in [-0.1, -0.05) is 24.3 Å². The van der Waals surface area contributed by atoms with E-state index in [1.807, 2.05) is 6.92 Å². The summed E-state index contributed by atoms with van der Waals surface area (Å²) in [6.07, 6.45) is 1.45. The summed E-state index contributed by atoms with van der Waals surface area (Å²) in [6, 6.07) is 6.24. The molecule has 4 nitrogen and oxygen atoms in total. The van der Waals surface area contributed by atoms with Gasteiger partial charge in [0, 0.05) is 19.5 Å². The molecule has 0 aliphatic carbocycles. The quantitative estimate of drug-likeness (QED) is 0.853. The van der Waals surface area contributed by atoms with Crippen LogP contribution in [0.15, 0.2) is 18.2 Å². The first kappa shape index (κ1) is 13.8. The molecular formula is C14H19N3OS. The van der Waals surface area contributed by atoms with Crippen LogP contribution in [0.4, 0.5) is 5.13 Å². The van der Waals surface area contributed by atoms with Crippen molar-refractivity contribution in [2.45, 2.75) is 26.7 Å². The molecule has 2 rings (SSSR count). The van der Waals surface area contributed by atoms with Gasteiger partial charge in [-0.15, -0.1) is 0 Å². The number of thiazole rings is 1. The van der Waals surface area contributed by atoms with Gasteiger partial charge < -0.3 is 10.6 Å². The zero-order chi connectivity index (χ0) is 13.7. The standard InChI is InChI=1S/C14H19N3OS/c1-3-7-15-13(18)6-8-16-14-17-11-9-10(2)4-5-12(11)19-14/h4-5,9H,3,6-8H2,1-2H3,(H,15,18)(H,16,17). The fourth-order valence-electron chi connectivity index (χ4n) is 1.75. The predicted octanol–water partition coefficient (Wildman–Crippen LogP) is 2.93. The Bertz CT molecular complexity index is 565. The number of carbonyl (C=O) groups is 1. The first-order valence-corrected chi connectivity index (χ1v) is 7.38. The van der Waals surface area contributed by atoms with Crippen molar-refractivity contribution in [3.63, 3.8) is 0 Å². The number of carbonyl (C=O) groups excluding carboxylic acids is 1. The van der Waals surface area contributed by atoms with Gasteiger partial charge in [-0.25, -0.2) is 4.98 Å². The number of rotatable bonds is 6. The second-order valence-electron chi connectivity index (χ2n) is 4.52. The maximum Gasteiger partial charge on any atom is 0.221 e. The molecule has 0 saturated heterocycles. The average molecular weight is 277 g/mol. The average Bonchev–Trinajstić information content (AvgIpc) is 2.78. The van der Waals surface area contributed by atoms with Crippen molar-refractivity contribution >= 4 is 32.6 Å². The number of nitrogens with zero attached hydrogens (tertiary/aromatic N) is 1. The van der Waals surface area contributed by atoms with Crippen LogP contribution in [0.3, 0.4) is 0 Å². The maximum atomic E-state index is 11.4. The second-order valence-corrected chi connectivity index (χ2v) is 5.55. The Morgan fingerprint density at radius 1 is 1.37 bits per heavy atom. The number of anilines is 1. The molecule has 0 saturated carbocycles. The SMILES string of the molecule is CCCNC(=O)CCNc1nc2cc(C)ccc2s1. The molecule has 5 heteroatoms. The number of amides is 1. The van der Waals surface area contributed by atoms with Crippen LogP contribution in [0.25, 0.3) is 10.2 Å². The van der Waals surface area contributed by atoms with E-state index in [0.717, 1.165) is 23.6 Å². The first-order chi connectivity index (χ1) is 9.19. The zero-order valence-corrected chi connectivity index (χ0v) is 12.1. The summed E-state index contributed by atoms with van der Waals surface area (Å²) in [6.45, 7) is 5.47. The third-order valence-corrected chi connectivity index (χ3v) is 3.74. The van der Waals surface area contributed by atoms with Crippen LogP contribution in [0, 0.1) is 6.92 Å². The number of hydrogen-bond donors (Lipinski definition) is 2. The van der Waals surface area contributed by atoms with E-state index in [9.17, 15) is 4.79 Å². The fourth-order valence-corrected chi connectivity index (χ4v) is 2.62. The van der Waals surface area contributed by atoms with Crippen LogP contribution in [0.1, 0.15) is 25.3 Å². The number of hydrogen-bond acceptors (Lipinski definition) is 4. The lowest BCUT2D eigenvalue weighted by atomic mass is 10.2. The summed E-state index contributed by atoms with van der Waals surface area (Å²) < 4.78 is 1.17. The minimum absolute atomic E-state index is 0.0892. The zero-order valence-electron chi connectivity index (χ0n) is 11.3. The number of benzene rings is 1. The van der Waals surface area contributed by atoms with Crippen LogP contribution in [-0.4, -0.2) is 24.0 Å². The summed E-state index contributed by atoms with van der Waals surface area (Å²) in [4.78, 5) is 15.9. The van der Waals surface area contributed by atoms with Gasteiger partial charge in [-0.3, -0.25) is 4.79 Å². The maximum absolute atomic E-state index is 11.4. The predicted molar refractivity (Wildman–Crippen MR) is 80.8 cm³/mol. The van der Waals surface area contributed by atoms with Crippen LogP contribution in [0.5, 0.6) is 0 Å². The van der Waals surface area contributed by atoms with Crippen LogP contribution < -0.4 is 10.6 Å². The van der Waals surface area contributed by atoms with Gasteiger partial charge in [0.05, 0.1) is 10.2 Å². The van der Waals surface area contributed by atoms with Crippen molar-refractivity contribution in [2.24, 2.45) is 0 Å². The van der Waals surface area contributed by atoms with Crippen molar-refractivity contribution in [3.8, 4) is 0 Å². The molecule has 0 atom stereocenters. The largest absolute Gasteiger partial charge is 0.361 e. The third kappa shape index (κ3) is 3.92. The Morgan fingerprint density at radius 3 is 3.00 bits per heavy atom. The van der Waals surface area contributed by atoms with Crippen molar-refractivity contribution in [2.75, 3.05) is 18.4 Å². The van der Waals surface area contributed by atoms with Gasteiger partial charge in [0.25, 0.3) is 0 Å². The Kier molecular flexibility index (Phi) is 4.74. The van der Waals surface area contributed by atoms with Crippen molar-refractivity contribution in [1.29, 1.82) is 0 Å². The van der Waals surface area contributed by atoms with Gasteiger partial charge in [0.1, 0.15) is 0 Å². The molecule has 2 aromatic rings. The molecule has 0 spiro atoms. The monoisotopic (exact) mass is 277 g/mol. The minimum atomic E-state index is 0.0892. The van der Waals surface area contributed by atoms with Gasteiger partial charge in [0.2, 0.25) is 5.91 Å². The van der Waals surface area contributed by atoms with E-state index in [1.54, 1.807) is 11.3 Å². The molecule has 0 bridgehead atoms. The lowest BCUT2D eigenvalue weighted by Gasteiger charge is -2.03. The summed E-state index contributed by atoms with van der Waals surface area (Å²) in [5.41, 5.74) is 2.23. The second kappa shape index (κ2) is 6.52. The Labute approximate surface area is 117 Å². The molecule has 1 heterocycles. The molecule has 2 N–H and O–H groups in total. The molecule has 102 valence electrons. The Hall–Kier alpha value is -1.62. The molecule has 1 aromatic carbocycles. The van der Waals surface area contributed by atoms with Crippen LogP contribution in [-0.2, 0) is 4.79 Å². The molecule has 0 unspecified atom stereocenters. The fraction of sp³-hybridized carbons (Fsp3) is 0.429. The smallest absolute Gasteiger partial charge is 0.221 e. The van der Waals surface area contributed by atoms with E-state index >= 15 is 0 Å². The molecule has 0 fully saturated rings. The highest BCUT2D eigenvalue weighted by Crippen LogP contribution is 2.26. The molecule has 0 aliphatic rings. The number of aromatic nitrogens is 1. The molecule has 0 radical (unpaired) electrons. The number of nitrogens with one attached hydrogen (secondary N) is 2. The van der Waals surface area contributed by atoms with Crippen LogP contribution in [0.2, 0.25) is 0 Å². The highest BCUT2D eigenvalue weighted by Gasteiger charge is 2.04. The van der Waals surface area contributed by atoms with E-state index < -0.39 is 0 Å². The molecule has 1 amide bonds. The van der Waals surface area contributed by atoms with E-state index in [1.165, 1.54) is 10.3 Å². The van der Waals surface area contributed by atoms with Crippen molar-refractivity contribution in [1.82, 2.24) is 10.3 Å². The lowest BCUT2D eigenvalue weighted by Crippen LogP contribution is -2.25. The van der Waals surface area contributed by atoms with E-state index in [0.29, 0.717) is 13.0 Å². The highest BCUT2D eigenvalue weighted by molar-refractivity contribution is 7.22. The summed E-state index contributed by atoms with van der Waals surface area (Å²) in [7, 11) is 0. The van der Waals surface area contributed by atoms with E-state index in [2.05, 4.69) is 40.7 Å². The Morgan fingerprint density at radius 2 is 2.21 bits per heavy atom. The normalized spacial score (nSPS) is 10.6. The van der Waals surface area contributed by atoms with Gasteiger partial charge in [-0.2, -0.15) is 0 Å². The summed E-state index contributed by atoms with van der Waals surface area (Å²) >= 11 is 1.62. The number of aryl methyl sites for hydroxylation is 1. The van der Waals surface area contributed by atoms with Crippen molar-refractivity contribution < 1.29 is 4.79 Å². The van der Waals surface area contributed by atoms with E-state index in [-0.39, 0.29) is 5.91 Å². The minimum Gasteiger partial charge on any atom is -0.361 e. The molecule has 1 aromatic heterocycles.